The molecular weight excluding hydrogens is 356 g/mol. The van der Waals surface area contributed by atoms with Crippen molar-refractivity contribution in [2.45, 2.75) is 32.7 Å². The van der Waals surface area contributed by atoms with Crippen LogP contribution in [0.5, 0.6) is 0 Å². The van der Waals surface area contributed by atoms with Crippen LogP contribution in [0.4, 0.5) is 8.78 Å². The Kier molecular flexibility index (Phi) is 5.90. The molecule has 114 valence electrons. The van der Waals surface area contributed by atoms with Gasteiger partial charge in [0.15, 0.2) is 11.6 Å². The number of benzene rings is 1. The summed E-state index contributed by atoms with van der Waals surface area (Å²) in [7, 11) is 0. The van der Waals surface area contributed by atoms with Crippen molar-refractivity contribution in [3.8, 4) is 0 Å². The van der Waals surface area contributed by atoms with E-state index >= 15 is 0 Å². The molecule has 1 aromatic heterocycles. The van der Waals surface area contributed by atoms with E-state index in [0.29, 0.717) is 12.0 Å². The summed E-state index contributed by atoms with van der Waals surface area (Å²) in [5, 5.41) is 3.43. The fourth-order valence-electron chi connectivity index (χ4n) is 2.34. The first-order valence-electron chi connectivity index (χ1n) is 6.95. The zero-order valence-electron chi connectivity index (χ0n) is 12.1. The second-order valence-corrected chi connectivity index (χ2v) is 7.62. The van der Waals surface area contributed by atoms with Crippen LogP contribution in [-0.2, 0) is 6.42 Å². The van der Waals surface area contributed by atoms with E-state index in [1.807, 2.05) is 6.92 Å². The van der Waals surface area contributed by atoms with Gasteiger partial charge in [0.05, 0.1) is 3.79 Å². The number of hydrogen-bond acceptors (Lipinski definition) is 2. The monoisotopic (exact) mass is 373 g/mol. The molecule has 1 unspecified atom stereocenters. The Bertz CT molecular complexity index is 612. The molecule has 0 radical (unpaired) electrons. The lowest BCUT2D eigenvalue weighted by Crippen LogP contribution is -2.24. The molecule has 0 fully saturated rings. The molecular formula is C16H18BrF2NS. The normalized spacial score (nSPS) is 12.6. The van der Waals surface area contributed by atoms with E-state index in [2.05, 4.69) is 34.2 Å². The second kappa shape index (κ2) is 7.47. The molecule has 1 nitrogen and oxygen atoms in total. The van der Waals surface area contributed by atoms with Gasteiger partial charge in [0.25, 0.3) is 0 Å². The molecule has 0 aliphatic carbocycles. The van der Waals surface area contributed by atoms with Gasteiger partial charge in [-0.05, 0) is 65.5 Å². The molecule has 0 spiro atoms. The smallest absolute Gasteiger partial charge is 0.162 e. The van der Waals surface area contributed by atoms with Crippen molar-refractivity contribution >= 4 is 27.3 Å². The van der Waals surface area contributed by atoms with Gasteiger partial charge in [-0.2, -0.15) is 0 Å². The summed E-state index contributed by atoms with van der Waals surface area (Å²) in [6.07, 6.45) is 1.43. The SMILES string of the molecule is CCCNC(Cc1cccc(F)c1F)c1cc(Br)sc1C. The van der Waals surface area contributed by atoms with Gasteiger partial charge in [0, 0.05) is 10.9 Å². The highest BCUT2D eigenvalue weighted by atomic mass is 79.9. The molecule has 1 N–H and O–H groups in total. The molecule has 1 atom stereocenters. The molecule has 0 aliphatic heterocycles. The summed E-state index contributed by atoms with van der Waals surface area (Å²) < 4.78 is 28.3. The summed E-state index contributed by atoms with van der Waals surface area (Å²) in [5.74, 6) is -1.53. The number of aryl methyl sites for hydroxylation is 1. The molecule has 0 saturated heterocycles. The van der Waals surface area contributed by atoms with Gasteiger partial charge >= 0.3 is 0 Å². The maximum absolute atomic E-state index is 13.9. The standard InChI is InChI=1S/C16H18BrF2NS/c1-3-7-20-14(12-9-15(17)21-10(12)2)8-11-5-4-6-13(18)16(11)19/h4-6,9,14,20H,3,7-8H2,1-2H3. The van der Waals surface area contributed by atoms with Crippen molar-refractivity contribution in [2.75, 3.05) is 6.54 Å². The molecule has 5 heteroatoms. The molecule has 2 aromatic rings. The van der Waals surface area contributed by atoms with Crippen molar-refractivity contribution in [2.24, 2.45) is 0 Å². The van der Waals surface area contributed by atoms with E-state index in [-0.39, 0.29) is 6.04 Å². The highest BCUT2D eigenvalue weighted by molar-refractivity contribution is 9.11. The van der Waals surface area contributed by atoms with Gasteiger partial charge in [-0.3, -0.25) is 0 Å². The van der Waals surface area contributed by atoms with E-state index in [0.717, 1.165) is 28.4 Å². The summed E-state index contributed by atoms with van der Waals surface area (Å²) in [6, 6.07) is 6.41. The Hall–Kier alpha value is -0.780. The lowest BCUT2D eigenvalue weighted by Gasteiger charge is -2.19. The fourth-order valence-corrected chi connectivity index (χ4v) is 4.11. The van der Waals surface area contributed by atoms with Crippen molar-refractivity contribution in [1.29, 1.82) is 0 Å². The average Bonchev–Trinajstić information content (AvgIpc) is 2.78. The fraction of sp³-hybridized carbons (Fsp3) is 0.375. The van der Waals surface area contributed by atoms with Crippen LogP contribution < -0.4 is 5.32 Å². The molecule has 0 amide bonds. The molecule has 21 heavy (non-hydrogen) atoms. The maximum Gasteiger partial charge on any atom is 0.162 e. The largest absolute Gasteiger partial charge is 0.310 e. The molecule has 0 saturated carbocycles. The Balaban J connectivity index is 2.28. The van der Waals surface area contributed by atoms with Crippen LogP contribution in [0.1, 0.15) is 35.4 Å². The number of rotatable bonds is 6. The lowest BCUT2D eigenvalue weighted by molar-refractivity contribution is 0.477. The number of thiophene rings is 1. The number of hydrogen-bond donors (Lipinski definition) is 1. The zero-order chi connectivity index (χ0) is 15.4. The quantitative estimate of drug-likeness (QED) is 0.716. The first-order chi connectivity index (χ1) is 10.0. The van der Waals surface area contributed by atoms with Gasteiger partial charge in [-0.15, -0.1) is 11.3 Å². The predicted octanol–water partition coefficient (Wildman–Crippen LogP) is 5.38. The minimum absolute atomic E-state index is 0.0104. The van der Waals surface area contributed by atoms with Crippen LogP contribution >= 0.6 is 27.3 Å². The highest BCUT2D eigenvalue weighted by Crippen LogP contribution is 2.32. The Morgan fingerprint density at radius 1 is 1.33 bits per heavy atom. The summed E-state index contributed by atoms with van der Waals surface area (Å²) in [6.45, 7) is 4.98. The summed E-state index contributed by atoms with van der Waals surface area (Å²) in [4.78, 5) is 1.19. The topological polar surface area (TPSA) is 12.0 Å². The van der Waals surface area contributed by atoms with E-state index in [1.165, 1.54) is 4.88 Å². The van der Waals surface area contributed by atoms with Gasteiger partial charge in [0.2, 0.25) is 0 Å². The lowest BCUT2D eigenvalue weighted by atomic mass is 9.99. The first kappa shape index (κ1) is 16.6. The Labute approximate surface area is 136 Å². The third-order valence-corrected chi connectivity index (χ3v) is 4.97. The molecule has 0 aliphatic rings. The van der Waals surface area contributed by atoms with Crippen molar-refractivity contribution in [3.63, 3.8) is 0 Å². The van der Waals surface area contributed by atoms with Crippen LogP contribution in [0.2, 0.25) is 0 Å². The third-order valence-electron chi connectivity index (χ3n) is 3.40. The molecule has 1 heterocycles. The summed E-state index contributed by atoms with van der Waals surface area (Å²) >= 11 is 5.15. The zero-order valence-corrected chi connectivity index (χ0v) is 14.5. The van der Waals surface area contributed by atoms with Crippen LogP contribution in [0, 0.1) is 18.6 Å². The van der Waals surface area contributed by atoms with Crippen molar-refractivity contribution in [3.05, 3.63) is 55.7 Å². The van der Waals surface area contributed by atoms with E-state index in [9.17, 15) is 8.78 Å². The number of halogens is 3. The van der Waals surface area contributed by atoms with E-state index < -0.39 is 11.6 Å². The Morgan fingerprint density at radius 2 is 2.10 bits per heavy atom. The van der Waals surface area contributed by atoms with Crippen LogP contribution in [0.3, 0.4) is 0 Å². The van der Waals surface area contributed by atoms with Gasteiger partial charge < -0.3 is 5.32 Å². The predicted molar refractivity (Wildman–Crippen MR) is 87.9 cm³/mol. The first-order valence-corrected chi connectivity index (χ1v) is 8.56. The number of nitrogens with one attached hydrogen (secondary N) is 1. The molecule has 2 rings (SSSR count). The molecule has 0 bridgehead atoms. The van der Waals surface area contributed by atoms with Crippen molar-refractivity contribution in [1.82, 2.24) is 5.32 Å². The van der Waals surface area contributed by atoms with Crippen LogP contribution in [0.15, 0.2) is 28.1 Å². The van der Waals surface area contributed by atoms with Gasteiger partial charge in [0.1, 0.15) is 0 Å². The van der Waals surface area contributed by atoms with Gasteiger partial charge in [-0.1, -0.05) is 19.1 Å². The van der Waals surface area contributed by atoms with Crippen LogP contribution in [-0.4, -0.2) is 6.54 Å². The summed E-state index contributed by atoms with van der Waals surface area (Å²) in [5.41, 5.74) is 1.55. The van der Waals surface area contributed by atoms with Gasteiger partial charge in [-0.25, -0.2) is 8.78 Å². The maximum atomic E-state index is 13.9. The average molecular weight is 374 g/mol. The van der Waals surface area contributed by atoms with E-state index in [4.69, 9.17) is 0 Å². The van der Waals surface area contributed by atoms with Crippen molar-refractivity contribution < 1.29 is 8.78 Å². The minimum Gasteiger partial charge on any atom is -0.310 e. The van der Waals surface area contributed by atoms with Crippen LogP contribution in [0.25, 0.3) is 0 Å². The van der Waals surface area contributed by atoms with E-state index in [1.54, 1.807) is 23.5 Å². The second-order valence-electron chi connectivity index (χ2n) is 4.99. The Morgan fingerprint density at radius 3 is 2.71 bits per heavy atom. The molecule has 1 aromatic carbocycles. The highest BCUT2D eigenvalue weighted by Gasteiger charge is 2.19. The minimum atomic E-state index is -0.787. The third kappa shape index (κ3) is 4.11.